The molecular formula is C16H13ClFN3OS. The summed E-state index contributed by atoms with van der Waals surface area (Å²) in [5, 5.41) is 1.98. The van der Waals surface area contributed by atoms with Crippen LogP contribution in [0.3, 0.4) is 0 Å². The minimum absolute atomic E-state index is 0.102. The van der Waals surface area contributed by atoms with Crippen LogP contribution in [-0.4, -0.2) is 27.3 Å². The Morgan fingerprint density at radius 1 is 1.43 bits per heavy atom. The van der Waals surface area contributed by atoms with Gasteiger partial charge in [-0.15, -0.1) is 11.3 Å². The third-order valence-corrected chi connectivity index (χ3v) is 5.32. The highest BCUT2D eigenvalue weighted by atomic mass is 35.5. The number of nitrogens with one attached hydrogen (secondary N) is 1. The summed E-state index contributed by atoms with van der Waals surface area (Å²) in [6.07, 6.45) is 0.765. The average Bonchev–Trinajstić information content (AvgIpc) is 3.07. The fourth-order valence-corrected chi connectivity index (χ4v) is 4.20. The topological polar surface area (TPSA) is 49.0 Å². The van der Waals surface area contributed by atoms with Crippen molar-refractivity contribution in [3.8, 4) is 0 Å². The van der Waals surface area contributed by atoms with E-state index in [1.165, 1.54) is 12.1 Å². The molecule has 4 nitrogen and oxygen atoms in total. The Hall–Kier alpha value is -1.92. The zero-order chi connectivity index (χ0) is 16.1. The van der Waals surface area contributed by atoms with E-state index in [0.29, 0.717) is 34.7 Å². The van der Waals surface area contributed by atoms with Gasteiger partial charge < -0.3 is 9.88 Å². The Bertz CT molecular complexity index is 933. The van der Waals surface area contributed by atoms with Crippen molar-refractivity contribution in [2.24, 2.45) is 0 Å². The molecular weight excluding hydrogens is 337 g/mol. The molecule has 0 spiro atoms. The van der Waals surface area contributed by atoms with E-state index in [-0.39, 0.29) is 5.91 Å². The molecule has 1 amide bonds. The van der Waals surface area contributed by atoms with Crippen molar-refractivity contribution >= 4 is 39.7 Å². The molecule has 0 bridgehead atoms. The highest BCUT2D eigenvalue weighted by molar-refractivity contribution is 7.11. The number of aromatic amines is 1. The van der Waals surface area contributed by atoms with E-state index < -0.39 is 5.82 Å². The van der Waals surface area contributed by atoms with Gasteiger partial charge in [0.05, 0.1) is 27.8 Å². The molecule has 23 heavy (non-hydrogen) atoms. The summed E-state index contributed by atoms with van der Waals surface area (Å²) >= 11 is 7.67. The average molecular weight is 350 g/mol. The number of H-pyrrole nitrogens is 1. The second-order valence-electron chi connectivity index (χ2n) is 5.61. The van der Waals surface area contributed by atoms with Crippen molar-refractivity contribution < 1.29 is 9.18 Å². The SMILES string of the molecule is Cc1nc2c(s1)CN(C(=O)c1cc3c(Cl)cc(F)cc3[nH]1)CC2. The molecule has 1 aromatic carbocycles. The lowest BCUT2D eigenvalue weighted by molar-refractivity contribution is 0.0731. The molecule has 0 saturated carbocycles. The van der Waals surface area contributed by atoms with Crippen molar-refractivity contribution in [1.29, 1.82) is 0 Å². The van der Waals surface area contributed by atoms with Gasteiger partial charge in [-0.05, 0) is 25.1 Å². The van der Waals surface area contributed by atoms with E-state index in [2.05, 4.69) is 9.97 Å². The quantitative estimate of drug-likeness (QED) is 0.723. The minimum Gasteiger partial charge on any atom is -0.350 e. The summed E-state index contributed by atoms with van der Waals surface area (Å²) < 4.78 is 13.4. The van der Waals surface area contributed by atoms with Gasteiger partial charge in [0, 0.05) is 23.2 Å². The van der Waals surface area contributed by atoms with Gasteiger partial charge in [0.15, 0.2) is 0 Å². The summed E-state index contributed by atoms with van der Waals surface area (Å²) in [5.74, 6) is -0.527. The highest BCUT2D eigenvalue weighted by Crippen LogP contribution is 2.28. The van der Waals surface area contributed by atoms with Crippen LogP contribution in [0, 0.1) is 12.7 Å². The van der Waals surface area contributed by atoms with Crippen LogP contribution < -0.4 is 0 Å². The molecule has 118 valence electrons. The minimum atomic E-state index is -0.425. The van der Waals surface area contributed by atoms with Crippen molar-refractivity contribution in [1.82, 2.24) is 14.9 Å². The number of rotatable bonds is 1. The summed E-state index contributed by atoms with van der Waals surface area (Å²) in [6.45, 7) is 3.17. The smallest absolute Gasteiger partial charge is 0.270 e. The van der Waals surface area contributed by atoms with E-state index in [0.717, 1.165) is 22.0 Å². The van der Waals surface area contributed by atoms with Gasteiger partial charge in [-0.25, -0.2) is 9.37 Å². The molecule has 0 atom stereocenters. The molecule has 0 fully saturated rings. The van der Waals surface area contributed by atoms with E-state index in [1.807, 2.05) is 6.92 Å². The second kappa shape index (κ2) is 5.32. The molecule has 3 heterocycles. The fourth-order valence-electron chi connectivity index (χ4n) is 2.94. The summed E-state index contributed by atoms with van der Waals surface area (Å²) in [7, 11) is 0. The number of aryl methyl sites for hydroxylation is 1. The molecule has 0 unspecified atom stereocenters. The van der Waals surface area contributed by atoms with E-state index in [1.54, 1.807) is 22.3 Å². The van der Waals surface area contributed by atoms with Crippen LogP contribution in [0.15, 0.2) is 18.2 Å². The van der Waals surface area contributed by atoms with Crippen molar-refractivity contribution in [2.75, 3.05) is 6.54 Å². The maximum Gasteiger partial charge on any atom is 0.270 e. The number of carbonyl (C=O) groups excluding carboxylic acids is 1. The molecule has 4 rings (SSSR count). The van der Waals surface area contributed by atoms with Crippen molar-refractivity contribution in [3.63, 3.8) is 0 Å². The number of halogens is 2. The number of nitrogens with zero attached hydrogens (tertiary/aromatic N) is 2. The molecule has 1 aliphatic heterocycles. The van der Waals surface area contributed by atoms with Crippen LogP contribution in [0.5, 0.6) is 0 Å². The molecule has 0 radical (unpaired) electrons. The Kier molecular flexibility index (Phi) is 3.39. The summed E-state index contributed by atoms with van der Waals surface area (Å²) in [5.41, 5.74) is 2.06. The first kappa shape index (κ1) is 14.7. The number of hydrogen-bond donors (Lipinski definition) is 1. The summed E-state index contributed by atoms with van der Waals surface area (Å²) in [6, 6.07) is 4.28. The Morgan fingerprint density at radius 2 is 2.26 bits per heavy atom. The number of aromatic nitrogens is 2. The number of fused-ring (bicyclic) bond motifs is 2. The molecule has 1 N–H and O–H groups in total. The highest BCUT2D eigenvalue weighted by Gasteiger charge is 2.25. The largest absolute Gasteiger partial charge is 0.350 e. The Labute approximate surface area is 140 Å². The zero-order valence-electron chi connectivity index (χ0n) is 12.3. The van der Waals surface area contributed by atoms with Crippen LogP contribution in [0.4, 0.5) is 4.39 Å². The molecule has 3 aromatic rings. The van der Waals surface area contributed by atoms with Gasteiger partial charge in [-0.3, -0.25) is 4.79 Å². The van der Waals surface area contributed by atoms with Gasteiger partial charge in [0.1, 0.15) is 11.5 Å². The predicted molar refractivity (Wildman–Crippen MR) is 88.6 cm³/mol. The molecule has 0 aliphatic carbocycles. The van der Waals surface area contributed by atoms with Crippen LogP contribution in [0.2, 0.25) is 5.02 Å². The lowest BCUT2D eigenvalue weighted by Crippen LogP contribution is -2.35. The normalized spacial score (nSPS) is 14.3. The Balaban J connectivity index is 1.66. The van der Waals surface area contributed by atoms with Gasteiger partial charge in [0.2, 0.25) is 0 Å². The van der Waals surface area contributed by atoms with Crippen molar-refractivity contribution in [2.45, 2.75) is 19.9 Å². The van der Waals surface area contributed by atoms with Gasteiger partial charge in [-0.2, -0.15) is 0 Å². The predicted octanol–water partition coefficient (Wildman–Crippen LogP) is 3.92. The van der Waals surface area contributed by atoms with E-state index >= 15 is 0 Å². The van der Waals surface area contributed by atoms with Gasteiger partial charge in [0.25, 0.3) is 5.91 Å². The van der Waals surface area contributed by atoms with Gasteiger partial charge in [-0.1, -0.05) is 11.6 Å². The molecule has 1 aliphatic rings. The number of hydrogen-bond acceptors (Lipinski definition) is 3. The van der Waals surface area contributed by atoms with Gasteiger partial charge >= 0.3 is 0 Å². The maximum atomic E-state index is 13.4. The third-order valence-electron chi connectivity index (χ3n) is 4.01. The maximum absolute atomic E-state index is 13.4. The van der Waals surface area contributed by atoms with E-state index in [4.69, 9.17) is 11.6 Å². The van der Waals surface area contributed by atoms with Crippen LogP contribution >= 0.6 is 22.9 Å². The fraction of sp³-hybridized carbons (Fsp3) is 0.250. The number of thiazole rings is 1. The number of benzene rings is 1. The molecule has 0 saturated heterocycles. The van der Waals surface area contributed by atoms with Crippen LogP contribution in [0.25, 0.3) is 10.9 Å². The second-order valence-corrected chi connectivity index (χ2v) is 7.31. The third kappa shape index (κ3) is 2.52. The number of carbonyl (C=O) groups is 1. The van der Waals surface area contributed by atoms with Crippen molar-refractivity contribution in [3.05, 3.63) is 50.3 Å². The van der Waals surface area contributed by atoms with Crippen LogP contribution in [0.1, 0.15) is 26.1 Å². The first-order chi connectivity index (χ1) is 11.0. The first-order valence-electron chi connectivity index (χ1n) is 7.23. The Morgan fingerprint density at radius 3 is 3.09 bits per heavy atom. The molecule has 7 heteroatoms. The lowest BCUT2D eigenvalue weighted by atomic mass is 10.1. The standard InChI is InChI=1S/C16H13ClFN3OS/c1-8-19-12-2-3-21(7-15(12)23-8)16(22)14-6-10-11(17)4-9(18)5-13(10)20-14/h4-6,20H,2-3,7H2,1H3. The monoisotopic (exact) mass is 349 g/mol. The molecule has 2 aromatic heterocycles. The number of amides is 1. The first-order valence-corrected chi connectivity index (χ1v) is 8.43. The summed E-state index contributed by atoms with van der Waals surface area (Å²) in [4.78, 5) is 23.1. The zero-order valence-corrected chi connectivity index (χ0v) is 13.9. The van der Waals surface area contributed by atoms with Crippen LogP contribution in [-0.2, 0) is 13.0 Å². The lowest BCUT2D eigenvalue weighted by Gasteiger charge is -2.25. The van der Waals surface area contributed by atoms with E-state index in [9.17, 15) is 9.18 Å².